The van der Waals surface area contributed by atoms with Crippen molar-refractivity contribution in [3.8, 4) is 0 Å². The lowest BCUT2D eigenvalue weighted by atomic mass is 9.91. The van der Waals surface area contributed by atoms with Crippen LogP contribution in [0.25, 0.3) is 0 Å². The highest BCUT2D eigenvalue weighted by molar-refractivity contribution is 8.13. The van der Waals surface area contributed by atoms with Gasteiger partial charge in [-0.15, -0.1) is 0 Å². The molecule has 0 saturated carbocycles. The third kappa shape index (κ3) is 3.73. The summed E-state index contributed by atoms with van der Waals surface area (Å²) in [6.07, 6.45) is 0.684. The van der Waals surface area contributed by atoms with Crippen LogP contribution in [0.4, 0.5) is 13.6 Å². The van der Waals surface area contributed by atoms with Gasteiger partial charge in [-0.1, -0.05) is 35.9 Å². The molecular formula is C19H14ClF2N3O3S. The third-order valence-corrected chi connectivity index (χ3v) is 5.75. The lowest BCUT2D eigenvalue weighted by molar-refractivity contribution is 0.200. The number of thioether (sulfide) groups is 1. The van der Waals surface area contributed by atoms with Crippen LogP contribution < -0.4 is 0 Å². The molecule has 1 fully saturated rings. The molecule has 1 aromatic heterocycles. The van der Waals surface area contributed by atoms with Gasteiger partial charge in [0, 0.05) is 34.0 Å². The molecule has 0 bridgehead atoms. The molecule has 1 saturated heterocycles. The van der Waals surface area contributed by atoms with Gasteiger partial charge in [0.1, 0.15) is 29.7 Å². The number of ether oxygens (including phenoxy) is 2. The monoisotopic (exact) mass is 437 g/mol. The van der Waals surface area contributed by atoms with Gasteiger partial charge in [0.15, 0.2) is 5.16 Å². The summed E-state index contributed by atoms with van der Waals surface area (Å²) < 4.78 is 40.2. The molecule has 0 N–H and O–H groups in total. The second-order valence-electron chi connectivity index (χ2n) is 6.29. The van der Waals surface area contributed by atoms with Gasteiger partial charge < -0.3 is 9.47 Å². The van der Waals surface area contributed by atoms with Crippen molar-refractivity contribution in [1.29, 1.82) is 0 Å². The Kier molecular flexibility index (Phi) is 5.28. The molecule has 0 aliphatic carbocycles. The summed E-state index contributed by atoms with van der Waals surface area (Å²) >= 11 is 7.05. The van der Waals surface area contributed by atoms with Gasteiger partial charge in [-0.05, 0) is 12.1 Å². The fourth-order valence-electron chi connectivity index (χ4n) is 3.20. The van der Waals surface area contributed by atoms with Crippen LogP contribution in [0.2, 0.25) is 5.02 Å². The first kappa shape index (κ1) is 19.8. The third-order valence-electron chi connectivity index (χ3n) is 4.58. The van der Waals surface area contributed by atoms with Crippen LogP contribution in [-0.2, 0) is 21.6 Å². The molecule has 2 atom stereocenters. The number of rotatable bonds is 5. The summed E-state index contributed by atoms with van der Waals surface area (Å²) in [4.78, 5) is 15.7. The van der Waals surface area contributed by atoms with Crippen molar-refractivity contribution in [2.75, 3.05) is 7.11 Å². The van der Waals surface area contributed by atoms with E-state index in [1.807, 2.05) is 0 Å². The number of aromatic nitrogens is 3. The first-order valence-electron chi connectivity index (χ1n) is 8.46. The Morgan fingerprint density at radius 1 is 1.34 bits per heavy atom. The number of carbonyl (C=O) groups is 1. The second kappa shape index (κ2) is 7.74. The van der Waals surface area contributed by atoms with Crippen molar-refractivity contribution in [3.63, 3.8) is 0 Å². The lowest BCUT2D eigenvalue weighted by Gasteiger charge is -2.16. The molecule has 0 amide bonds. The molecule has 4 rings (SSSR count). The predicted molar refractivity (Wildman–Crippen MR) is 102 cm³/mol. The molecule has 0 radical (unpaired) electrons. The summed E-state index contributed by atoms with van der Waals surface area (Å²) in [5.74, 6) is -1.44. The Morgan fingerprint density at radius 2 is 2.14 bits per heavy atom. The maximum atomic E-state index is 14.7. The van der Waals surface area contributed by atoms with Crippen LogP contribution in [0.1, 0.15) is 17.2 Å². The minimum atomic E-state index is -1.19. The van der Waals surface area contributed by atoms with Gasteiger partial charge in [0.25, 0.3) is 0 Å². The molecule has 3 aromatic rings. The first-order valence-corrected chi connectivity index (χ1v) is 9.65. The van der Waals surface area contributed by atoms with Crippen molar-refractivity contribution < 1.29 is 23.0 Å². The van der Waals surface area contributed by atoms with Gasteiger partial charge >= 0.3 is 5.30 Å². The zero-order chi connectivity index (χ0) is 20.6. The van der Waals surface area contributed by atoms with E-state index in [0.29, 0.717) is 10.6 Å². The minimum Gasteiger partial charge on any atom is -0.461 e. The van der Waals surface area contributed by atoms with Crippen LogP contribution >= 0.6 is 23.4 Å². The Bertz CT molecular complexity index is 1080. The highest BCUT2D eigenvalue weighted by Gasteiger charge is 2.61. The molecule has 1 aliphatic heterocycles. The number of carbonyl (C=O) groups excluding carboxylic acids is 1. The van der Waals surface area contributed by atoms with Gasteiger partial charge in [-0.25, -0.2) is 23.2 Å². The van der Waals surface area contributed by atoms with Crippen molar-refractivity contribution >= 4 is 28.7 Å². The predicted octanol–water partition coefficient (Wildman–Crippen LogP) is 4.74. The lowest BCUT2D eigenvalue weighted by Crippen LogP contribution is -2.22. The maximum absolute atomic E-state index is 14.7. The first-order chi connectivity index (χ1) is 13.9. The Hall–Kier alpha value is -2.49. The molecule has 29 heavy (non-hydrogen) atoms. The second-order valence-corrected chi connectivity index (χ2v) is 7.60. The fraction of sp³-hybridized carbons (Fsp3) is 0.211. The quantitative estimate of drug-likeness (QED) is 0.326. The van der Waals surface area contributed by atoms with Gasteiger partial charge in [-0.3, -0.25) is 0 Å². The zero-order valence-electron chi connectivity index (χ0n) is 15.0. The maximum Gasteiger partial charge on any atom is 0.374 e. The van der Waals surface area contributed by atoms with E-state index in [9.17, 15) is 13.6 Å². The average Bonchev–Trinajstić information content (AvgIpc) is 3.24. The van der Waals surface area contributed by atoms with Crippen molar-refractivity contribution in [3.05, 3.63) is 76.6 Å². The Morgan fingerprint density at radius 3 is 2.86 bits per heavy atom. The molecular weight excluding hydrogens is 424 g/mol. The van der Waals surface area contributed by atoms with Gasteiger partial charge in [-0.2, -0.15) is 5.10 Å². The summed E-state index contributed by atoms with van der Waals surface area (Å²) in [5, 5.41) is 4.27. The standard InChI is InChI=1S/C19H14ClF2N3O3S/c1-27-18(26)29-17-23-10-24-25(17)9-19(13-7-6-11(21)8-15(13)22)16(28-19)12-4-2-3-5-14(12)20/h2-8,10,16H,9H2,1H3/t16-,19-/m0/s1. The summed E-state index contributed by atoms with van der Waals surface area (Å²) in [6.45, 7) is 0.0325. The summed E-state index contributed by atoms with van der Waals surface area (Å²) in [6, 6.07) is 10.4. The van der Waals surface area contributed by atoms with Crippen LogP contribution in [0.3, 0.4) is 0 Å². The van der Waals surface area contributed by atoms with E-state index in [2.05, 4.69) is 14.8 Å². The van der Waals surface area contributed by atoms with Crippen molar-refractivity contribution in [1.82, 2.24) is 14.8 Å². The van der Waals surface area contributed by atoms with Crippen molar-refractivity contribution in [2.45, 2.75) is 23.4 Å². The molecule has 10 heteroatoms. The summed E-state index contributed by atoms with van der Waals surface area (Å²) in [5.41, 5.74) is -0.365. The van der Waals surface area contributed by atoms with Crippen LogP contribution in [-0.4, -0.2) is 27.2 Å². The number of hydrogen-bond acceptors (Lipinski definition) is 6. The van der Waals surface area contributed by atoms with Crippen molar-refractivity contribution in [2.24, 2.45) is 0 Å². The molecule has 150 valence electrons. The van der Waals surface area contributed by atoms with E-state index in [0.717, 1.165) is 23.9 Å². The topological polar surface area (TPSA) is 69.5 Å². The number of methoxy groups -OCH3 is 1. The largest absolute Gasteiger partial charge is 0.461 e. The number of halogens is 3. The zero-order valence-corrected chi connectivity index (χ0v) is 16.6. The highest BCUT2D eigenvalue weighted by Crippen LogP contribution is 2.59. The molecule has 1 aliphatic rings. The molecule has 6 nitrogen and oxygen atoms in total. The van der Waals surface area contributed by atoms with E-state index in [1.54, 1.807) is 24.3 Å². The van der Waals surface area contributed by atoms with E-state index >= 15 is 0 Å². The molecule has 0 spiro atoms. The number of benzene rings is 2. The number of hydrogen-bond donors (Lipinski definition) is 0. The average molecular weight is 438 g/mol. The molecule has 0 unspecified atom stereocenters. The van der Waals surface area contributed by atoms with E-state index in [4.69, 9.17) is 16.3 Å². The molecule has 2 aromatic carbocycles. The minimum absolute atomic E-state index is 0.0325. The normalized spacial score (nSPS) is 20.5. The van der Waals surface area contributed by atoms with Crippen LogP contribution in [0, 0.1) is 11.6 Å². The summed E-state index contributed by atoms with van der Waals surface area (Å²) in [7, 11) is 1.25. The van der Waals surface area contributed by atoms with Crippen LogP contribution in [0.5, 0.6) is 0 Å². The van der Waals surface area contributed by atoms with E-state index in [-0.39, 0.29) is 17.3 Å². The van der Waals surface area contributed by atoms with E-state index in [1.165, 1.54) is 24.2 Å². The van der Waals surface area contributed by atoms with Gasteiger partial charge in [0.2, 0.25) is 0 Å². The molecule has 2 heterocycles. The smallest absolute Gasteiger partial charge is 0.374 e. The van der Waals surface area contributed by atoms with Gasteiger partial charge in [0.05, 0.1) is 13.7 Å². The highest BCUT2D eigenvalue weighted by atomic mass is 35.5. The SMILES string of the molecule is COC(=O)Sc1ncnn1C[C@@]1(c2ccc(F)cc2F)O[C@H]1c1ccccc1Cl. The number of nitrogens with zero attached hydrogens (tertiary/aromatic N) is 3. The Balaban J connectivity index is 1.75. The van der Waals surface area contributed by atoms with E-state index < -0.39 is 28.6 Å². The Labute approximate surface area is 173 Å². The van der Waals surface area contributed by atoms with Crippen LogP contribution in [0.15, 0.2) is 53.9 Å². The fourth-order valence-corrected chi connectivity index (χ4v) is 3.99. The number of epoxide rings is 1.